The smallest absolute Gasteiger partial charge is 0.119 e. The van der Waals surface area contributed by atoms with E-state index in [2.05, 4.69) is 45.0 Å². The fourth-order valence-corrected chi connectivity index (χ4v) is 2.59. The van der Waals surface area contributed by atoms with Crippen LogP contribution in [0.3, 0.4) is 0 Å². The van der Waals surface area contributed by atoms with E-state index in [1.54, 1.807) is 0 Å². The van der Waals surface area contributed by atoms with Crippen LogP contribution in [0.5, 0.6) is 5.75 Å². The van der Waals surface area contributed by atoms with Crippen molar-refractivity contribution < 1.29 is 4.74 Å². The molecule has 0 aliphatic heterocycles. The first-order valence-corrected chi connectivity index (χ1v) is 7.54. The molecule has 0 bridgehead atoms. The zero-order valence-electron chi connectivity index (χ0n) is 12.5. The molecule has 2 nitrogen and oxygen atoms in total. The lowest BCUT2D eigenvalue weighted by atomic mass is 9.82. The maximum Gasteiger partial charge on any atom is 0.119 e. The Morgan fingerprint density at radius 2 is 1.68 bits per heavy atom. The zero-order chi connectivity index (χ0) is 13.9. The predicted octanol–water partition coefficient (Wildman–Crippen LogP) is 4.02. The lowest BCUT2D eigenvalue weighted by Gasteiger charge is -2.27. The highest BCUT2D eigenvalue weighted by Gasteiger charge is 2.21. The van der Waals surface area contributed by atoms with E-state index in [1.165, 1.54) is 5.56 Å². The molecule has 106 valence electrons. The first-order chi connectivity index (χ1) is 9.01. The van der Waals surface area contributed by atoms with Crippen LogP contribution < -0.4 is 10.5 Å². The van der Waals surface area contributed by atoms with Gasteiger partial charge in [0.2, 0.25) is 0 Å². The van der Waals surface area contributed by atoms with Gasteiger partial charge in [0.15, 0.2) is 0 Å². The Morgan fingerprint density at radius 1 is 1.11 bits per heavy atom. The van der Waals surface area contributed by atoms with Crippen molar-refractivity contribution in [2.75, 3.05) is 0 Å². The number of hydrogen-bond donors (Lipinski definition) is 1. The number of ether oxygens (including phenoxy) is 1. The first-order valence-electron chi connectivity index (χ1n) is 7.54. The van der Waals surface area contributed by atoms with Gasteiger partial charge in [0.1, 0.15) is 5.75 Å². The quantitative estimate of drug-likeness (QED) is 0.888. The van der Waals surface area contributed by atoms with E-state index >= 15 is 0 Å². The molecule has 1 aromatic rings. The van der Waals surface area contributed by atoms with E-state index in [1.807, 2.05) is 0 Å². The van der Waals surface area contributed by atoms with Gasteiger partial charge in [-0.3, -0.25) is 0 Å². The van der Waals surface area contributed by atoms with E-state index in [0.29, 0.717) is 12.1 Å². The van der Waals surface area contributed by atoms with Crippen molar-refractivity contribution in [2.45, 2.75) is 70.4 Å². The number of benzene rings is 1. The van der Waals surface area contributed by atoms with Gasteiger partial charge in [-0.1, -0.05) is 32.9 Å². The molecule has 1 aliphatic carbocycles. The molecule has 2 heteroatoms. The Balaban J connectivity index is 1.95. The zero-order valence-corrected chi connectivity index (χ0v) is 12.5. The fourth-order valence-electron chi connectivity index (χ4n) is 2.59. The second kappa shape index (κ2) is 5.96. The lowest BCUT2D eigenvalue weighted by Crippen LogP contribution is -2.31. The average molecular weight is 261 g/mol. The van der Waals surface area contributed by atoms with Crippen LogP contribution in [0.1, 0.15) is 58.4 Å². The van der Waals surface area contributed by atoms with Gasteiger partial charge in [0.25, 0.3) is 0 Å². The topological polar surface area (TPSA) is 35.2 Å². The fraction of sp³-hybridized carbons (Fsp3) is 0.647. The summed E-state index contributed by atoms with van der Waals surface area (Å²) in [5.41, 5.74) is 7.55. The molecule has 0 amide bonds. The third-order valence-corrected chi connectivity index (χ3v) is 4.54. The van der Waals surface area contributed by atoms with Gasteiger partial charge in [-0.2, -0.15) is 0 Å². The van der Waals surface area contributed by atoms with Crippen LogP contribution in [0.15, 0.2) is 24.3 Å². The molecule has 0 saturated heterocycles. The van der Waals surface area contributed by atoms with Crippen molar-refractivity contribution in [1.29, 1.82) is 0 Å². The Kier molecular flexibility index (Phi) is 4.51. The SMILES string of the molecule is CCC(C)(C)c1ccc(OC2CCC(N)CC2)cc1. The van der Waals surface area contributed by atoms with E-state index in [9.17, 15) is 0 Å². The molecule has 0 unspecified atom stereocenters. The van der Waals surface area contributed by atoms with E-state index < -0.39 is 0 Å². The van der Waals surface area contributed by atoms with Gasteiger partial charge < -0.3 is 10.5 Å². The number of rotatable bonds is 4. The molecule has 1 aliphatic rings. The highest BCUT2D eigenvalue weighted by Crippen LogP contribution is 2.29. The molecule has 2 N–H and O–H groups in total. The van der Waals surface area contributed by atoms with E-state index in [-0.39, 0.29) is 5.41 Å². The molecule has 0 spiro atoms. The molecule has 0 heterocycles. The van der Waals surface area contributed by atoms with Crippen LogP contribution >= 0.6 is 0 Å². The molecule has 0 aromatic heterocycles. The summed E-state index contributed by atoms with van der Waals surface area (Å²) in [5, 5.41) is 0. The molecule has 1 fully saturated rings. The number of hydrogen-bond acceptors (Lipinski definition) is 2. The van der Waals surface area contributed by atoms with Gasteiger partial charge in [-0.05, 0) is 55.2 Å². The summed E-state index contributed by atoms with van der Waals surface area (Å²) < 4.78 is 6.05. The maximum atomic E-state index is 6.05. The van der Waals surface area contributed by atoms with Crippen LogP contribution in [-0.4, -0.2) is 12.1 Å². The van der Waals surface area contributed by atoms with Crippen LogP contribution in [0, 0.1) is 0 Å². The summed E-state index contributed by atoms with van der Waals surface area (Å²) >= 11 is 0. The summed E-state index contributed by atoms with van der Waals surface area (Å²) in [7, 11) is 0. The van der Waals surface area contributed by atoms with Crippen molar-refractivity contribution in [3.8, 4) is 5.75 Å². The average Bonchev–Trinajstić information content (AvgIpc) is 2.42. The monoisotopic (exact) mass is 261 g/mol. The minimum Gasteiger partial charge on any atom is -0.490 e. The lowest BCUT2D eigenvalue weighted by molar-refractivity contribution is 0.147. The molecular formula is C17H27NO. The summed E-state index contributed by atoms with van der Waals surface area (Å²) in [6, 6.07) is 9.01. The third kappa shape index (κ3) is 3.73. The summed E-state index contributed by atoms with van der Waals surface area (Å²) in [6.45, 7) is 6.80. The van der Waals surface area contributed by atoms with E-state index in [4.69, 9.17) is 10.5 Å². The van der Waals surface area contributed by atoms with Crippen molar-refractivity contribution in [3.05, 3.63) is 29.8 Å². The van der Waals surface area contributed by atoms with Gasteiger partial charge in [0.05, 0.1) is 6.10 Å². The summed E-state index contributed by atoms with van der Waals surface area (Å²) in [5.74, 6) is 0.996. The standard InChI is InChI=1S/C17H27NO/c1-4-17(2,3)13-5-9-15(10-6-13)19-16-11-7-14(18)8-12-16/h5-6,9-10,14,16H,4,7-8,11-12,18H2,1-3H3. The first kappa shape index (κ1) is 14.4. The summed E-state index contributed by atoms with van der Waals surface area (Å²) in [6.07, 6.45) is 5.85. The van der Waals surface area contributed by atoms with Crippen molar-refractivity contribution in [3.63, 3.8) is 0 Å². The third-order valence-electron chi connectivity index (χ3n) is 4.54. The molecule has 19 heavy (non-hydrogen) atoms. The van der Waals surface area contributed by atoms with Crippen molar-refractivity contribution >= 4 is 0 Å². The largest absolute Gasteiger partial charge is 0.490 e. The van der Waals surface area contributed by atoms with Crippen molar-refractivity contribution in [1.82, 2.24) is 0 Å². The van der Waals surface area contributed by atoms with Gasteiger partial charge >= 0.3 is 0 Å². The summed E-state index contributed by atoms with van der Waals surface area (Å²) in [4.78, 5) is 0. The van der Waals surface area contributed by atoms with Crippen LogP contribution in [0.4, 0.5) is 0 Å². The Bertz CT molecular complexity index is 388. The Morgan fingerprint density at radius 3 is 2.21 bits per heavy atom. The van der Waals surface area contributed by atoms with Gasteiger partial charge in [0, 0.05) is 6.04 Å². The van der Waals surface area contributed by atoms with Gasteiger partial charge in [-0.25, -0.2) is 0 Å². The second-order valence-corrected chi connectivity index (χ2v) is 6.42. The molecule has 1 saturated carbocycles. The van der Waals surface area contributed by atoms with Crippen molar-refractivity contribution in [2.24, 2.45) is 5.73 Å². The van der Waals surface area contributed by atoms with E-state index in [0.717, 1.165) is 37.9 Å². The minimum absolute atomic E-state index is 0.246. The van der Waals surface area contributed by atoms with Crippen LogP contribution in [0.2, 0.25) is 0 Å². The Hall–Kier alpha value is -1.02. The minimum atomic E-state index is 0.246. The molecule has 0 radical (unpaired) electrons. The Labute approximate surface area is 117 Å². The van der Waals surface area contributed by atoms with Crippen LogP contribution in [0.25, 0.3) is 0 Å². The van der Waals surface area contributed by atoms with Gasteiger partial charge in [-0.15, -0.1) is 0 Å². The molecular weight excluding hydrogens is 234 g/mol. The molecule has 1 aromatic carbocycles. The highest BCUT2D eigenvalue weighted by molar-refractivity contribution is 5.31. The molecule has 0 atom stereocenters. The number of nitrogens with two attached hydrogens (primary N) is 1. The molecule has 2 rings (SSSR count). The second-order valence-electron chi connectivity index (χ2n) is 6.42. The highest BCUT2D eigenvalue weighted by atomic mass is 16.5. The maximum absolute atomic E-state index is 6.05. The predicted molar refractivity (Wildman–Crippen MR) is 80.6 cm³/mol. The van der Waals surface area contributed by atoms with Crippen LogP contribution in [-0.2, 0) is 5.41 Å². The normalized spacial score (nSPS) is 24.2.